The SMILES string of the molecule is O=C(c1ccc[nH]1)N(Cc1ccccn1)C1CC1. The predicted octanol–water partition coefficient (Wildman–Crippen LogP) is 2.21. The molecular formula is C14H15N3O. The lowest BCUT2D eigenvalue weighted by Gasteiger charge is -2.21. The van der Waals surface area contributed by atoms with Gasteiger partial charge >= 0.3 is 0 Å². The Kier molecular flexibility index (Phi) is 2.84. The maximum Gasteiger partial charge on any atom is 0.270 e. The number of amides is 1. The molecule has 0 radical (unpaired) electrons. The van der Waals surface area contributed by atoms with Gasteiger partial charge in [0.1, 0.15) is 5.69 Å². The van der Waals surface area contributed by atoms with E-state index in [1.54, 1.807) is 12.4 Å². The minimum atomic E-state index is 0.0631. The molecule has 0 atom stereocenters. The molecule has 0 aliphatic heterocycles. The fourth-order valence-electron chi connectivity index (χ4n) is 2.04. The van der Waals surface area contributed by atoms with Gasteiger partial charge in [0.2, 0.25) is 0 Å². The Balaban J connectivity index is 1.79. The van der Waals surface area contributed by atoms with E-state index in [0.717, 1.165) is 18.5 Å². The molecule has 18 heavy (non-hydrogen) atoms. The van der Waals surface area contributed by atoms with Crippen molar-refractivity contribution < 1.29 is 4.79 Å². The van der Waals surface area contributed by atoms with E-state index in [-0.39, 0.29) is 5.91 Å². The summed E-state index contributed by atoms with van der Waals surface area (Å²) in [4.78, 5) is 21.5. The number of carbonyl (C=O) groups excluding carboxylic acids is 1. The van der Waals surface area contributed by atoms with Crippen LogP contribution < -0.4 is 0 Å². The number of aromatic nitrogens is 2. The van der Waals surface area contributed by atoms with E-state index in [2.05, 4.69) is 9.97 Å². The zero-order chi connectivity index (χ0) is 12.4. The van der Waals surface area contributed by atoms with Crippen LogP contribution in [-0.2, 0) is 6.54 Å². The summed E-state index contributed by atoms with van der Waals surface area (Å²) in [5.41, 5.74) is 1.59. The van der Waals surface area contributed by atoms with Crippen LogP contribution in [0.25, 0.3) is 0 Å². The van der Waals surface area contributed by atoms with Gasteiger partial charge in [0.25, 0.3) is 5.91 Å². The van der Waals surface area contributed by atoms with Crippen molar-refractivity contribution in [3.63, 3.8) is 0 Å². The lowest BCUT2D eigenvalue weighted by atomic mass is 10.3. The summed E-state index contributed by atoms with van der Waals surface area (Å²) >= 11 is 0. The van der Waals surface area contributed by atoms with E-state index in [4.69, 9.17) is 0 Å². The highest BCUT2D eigenvalue weighted by Crippen LogP contribution is 2.29. The number of pyridine rings is 1. The van der Waals surface area contributed by atoms with Crippen LogP contribution in [0.3, 0.4) is 0 Å². The number of carbonyl (C=O) groups is 1. The Bertz CT molecular complexity index is 517. The van der Waals surface area contributed by atoms with Crippen LogP contribution in [0, 0.1) is 0 Å². The number of nitrogens with zero attached hydrogens (tertiary/aromatic N) is 2. The molecular weight excluding hydrogens is 226 g/mol. The molecule has 1 aliphatic carbocycles. The lowest BCUT2D eigenvalue weighted by molar-refractivity contribution is 0.0722. The van der Waals surface area contributed by atoms with Crippen molar-refractivity contribution in [3.8, 4) is 0 Å². The summed E-state index contributed by atoms with van der Waals surface area (Å²) in [5, 5.41) is 0. The van der Waals surface area contributed by atoms with Crippen molar-refractivity contribution in [2.45, 2.75) is 25.4 Å². The first kappa shape index (κ1) is 11.0. The Labute approximate surface area is 106 Å². The fraction of sp³-hybridized carbons (Fsp3) is 0.286. The van der Waals surface area contributed by atoms with Gasteiger partial charge in [-0.3, -0.25) is 9.78 Å². The van der Waals surface area contributed by atoms with Crippen molar-refractivity contribution in [2.75, 3.05) is 0 Å². The average molecular weight is 241 g/mol. The van der Waals surface area contributed by atoms with E-state index in [1.165, 1.54) is 0 Å². The van der Waals surface area contributed by atoms with Gasteiger partial charge in [-0.2, -0.15) is 0 Å². The molecule has 1 N–H and O–H groups in total. The van der Waals surface area contributed by atoms with Gasteiger partial charge in [0.15, 0.2) is 0 Å². The maximum absolute atomic E-state index is 12.4. The highest BCUT2D eigenvalue weighted by molar-refractivity contribution is 5.92. The van der Waals surface area contributed by atoms with E-state index in [1.807, 2.05) is 35.2 Å². The monoisotopic (exact) mass is 241 g/mol. The molecule has 0 bridgehead atoms. The van der Waals surface area contributed by atoms with Crippen LogP contribution in [0.5, 0.6) is 0 Å². The topological polar surface area (TPSA) is 49.0 Å². The number of hydrogen-bond donors (Lipinski definition) is 1. The molecule has 1 fully saturated rings. The molecule has 4 nitrogen and oxygen atoms in total. The zero-order valence-corrected chi connectivity index (χ0v) is 10.0. The average Bonchev–Trinajstić information content (AvgIpc) is 3.10. The van der Waals surface area contributed by atoms with E-state index < -0.39 is 0 Å². The van der Waals surface area contributed by atoms with E-state index >= 15 is 0 Å². The second-order valence-corrected chi connectivity index (χ2v) is 4.57. The number of H-pyrrole nitrogens is 1. The minimum absolute atomic E-state index is 0.0631. The van der Waals surface area contributed by atoms with Crippen LogP contribution in [0.1, 0.15) is 29.0 Å². The van der Waals surface area contributed by atoms with E-state index in [0.29, 0.717) is 18.3 Å². The maximum atomic E-state index is 12.4. The Morgan fingerprint density at radius 1 is 1.33 bits per heavy atom. The molecule has 0 spiro atoms. The third-order valence-corrected chi connectivity index (χ3v) is 3.14. The number of hydrogen-bond acceptors (Lipinski definition) is 2. The third-order valence-electron chi connectivity index (χ3n) is 3.14. The van der Waals surface area contributed by atoms with Crippen molar-refractivity contribution in [3.05, 3.63) is 54.1 Å². The van der Waals surface area contributed by atoms with Gasteiger partial charge in [0.05, 0.1) is 12.2 Å². The van der Waals surface area contributed by atoms with Crippen LogP contribution in [0.15, 0.2) is 42.7 Å². The van der Waals surface area contributed by atoms with Gasteiger partial charge in [-0.05, 0) is 37.1 Å². The fourth-order valence-corrected chi connectivity index (χ4v) is 2.04. The summed E-state index contributed by atoms with van der Waals surface area (Å²) in [6, 6.07) is 9.83. The first-order valence-corrected chi connectivity index (χ1v) is 6.19. The normalized spacial score (nSPS) is 14.4. The molecule has 4 heteroatoms. The molecule has 1 saturated carbocycles. The van der Waals surface area contributed by atoms with Gasteiger partial charge in [0, 0.05) is 18.4 Å². The Morgan fingerprint density at radius 2 is 2.22 bits per heavy atom. The molecule has 2 aromatic rings. The molecule has 1 aliphatic rings. The highest BCUT2D eigenvalue weighted by atomic mass is 16.2. The molecule has 2 heterocycles. The summed E-state index contributed by atoms with van der Waals surface area (Å²) in [7, 11) is 0. The summed E-state index contributed by atoms with van der Waals surface area (Å²) in [6.07, 6.45) is 5.73. The summed E-state index contributed by atoms with van der Waals surface area (Å²) < 4.78 is 0. The number of aromatic amines is 1. The van der Waals surface area contributed by atoms with Crippen molar-refractivity contribution in [1.29, 1.82) is 0 Å². The summed E-state index contributed by atoms with van der Waals surface area (Å²) in [6.45, 7) is 0.587. The molecule has 1 amide bonds. The van der Waals surface area contributed by atoms with Crippen LogP contribution in [0.4, 0.5) is 0 Å². The van der Waals surface area contributed by atoms with Crippen LogP contribution >= 0.6 is 0 Å². The molecule has 3 rings (SSSR count). The standard InChI is InChI=1S/C14H15N3O/c18-14(13-5-3-9-16-13)17(12-6-7-12)10-11-4-1-2-8-15-11/h1-5,8-9,12,16H,6-7,10H2. The molecule has 0 saturated heterocycles. The van der Waals surface area contributed by atoms with E-state index in [9.17, 15) is 4.79 Å². The number of rotatable bonds is 4. The Hall–Kier alpha value is -2.10. The summed E-state index contributed by atoms with van der Waals surface area (Å²) in [5.74, 6) is 0.0631. The van der Waals surface area contributed by atoms with Crippen molar-refractivity contribution in [2.24, 2.45) is 0 Å². The first-order valence-electron chi connectivity index (χ1n) is 6.19. The minimum Gasteiger partial charge on any atom is -0.357 e. The van der Waals surface area contributed by atoms with Crippen molar-refractivity contribution in [1.82, 2.24) is 14.9 Å². The molecule has 2 aromatic heterocycles. The largest absolute Gasteiger partial charge is 0.357 e. The second kappa shape index (κ2) is 4.64. The quantitative estimate of drug-likeness (QED) is 0.892. The molecule has 0 aromatic carbocycles. The highest BCUT2D eigenvalue weighted by Gasteiger charge is 2.33. The molecule has 92 valence electrons. The molecule has 0 unspecified atom stereocenters. The second-order valence-electron chi connectivity index (χ2n) is 4.57. The first-order chi connectivity index (χ1) is 8.84. The lowest BCUT2D eigenvalue weighted by Crippen LogP contribution is -2.33. The number of nitrogens with one attached hydrogen (secondary N) is 1. The van der Waals surface area contributed by atoms with Crippen molar-refractivity contribution >= 4 is 5.91 Å². The van der Waals surface area contributed by atoms with Crippen LogP contribution in [-0.4, -0.2) is 26.8 Å². The Morgan fingerprint density at radius 3 is 2.83 bits per heavy atom. The van der Waals surface area contributed by atoms with Gasteiger partial charge in [-0.1, -0.05) is 6.07 Å². The zero-order valence-electron chi connectivity index (χ0n) is 10.0. The third kappa shape index (κ3) is 2.27. The van der Waals surface area contributed by atoms with Gasteiger partial charge < -0.3 is 9.88 Å². The smallest absolute Gasteiger partial charge is 0.270 e. The van der Waals surface area contributed by atoms with Gasteiger partial charge in [-0.15, -0.1) is 0 Å². The van der Waals surface area contributed by atoms with Gasteiger partial charge in [-0.25, -0.2) is 0 Å². The predicted molar refractivity (Wildman–Crippen MR) is 67.9 cm³/mol. The van der Waals surface area contributed by atoms with Crippen LogP contribution in [0.2, 0.25) is 0 Å².